The second-order valence-corrected chi connectivity index (χ2v) is 7.86. The number of pyridine rings is 1. The van der Waals surface area contributed by atoms with E-state index in [1.54, 1.807) is 6.20 Å². The number of nitrogens with one attached hydrogen (secondary N) is 4. The van der Waals surface area contributed by atoms with Crippen molar-refractivity contribution in [3.8, 4) is 0 Å². The first kappa shape index (κ1) is 22.7. The second kappa shape index (κ2) is 10.4. The fraction of sp³-hybridized carbons (Fsp3) is 0.154. The van der Waals surface area contributed by atoms with Crippen molar-refractivity contribution in [3.05, 3.63) is 89.9 Å². The van der Waals surface area contributed by atoms with E-state index in [0.29, 0.717) is 23.1 Å². The van der Waals surface area contributed by atoms with E-state index in [2.05, 4.69) is 43.1 Å². The predicted molar refractivity (Wildman–Crippen MR) is 137 cm³/mol. The molecule has 4 rings (SSSR count). The standard InChI is InChI=1S/C26H27N7O/c1-4-19-5-7-21(8-6-19)31-26(34)32-22-11-9-20(10-12-22)30-24-16-25(29-18(3)28-24)33-23-15-17(2)13-14-27-23/h5-16H,4H2,1-3H3,(H2,31,32,34)(H2,27,28,29,30,33). The molecule has 172 valence electrons. The Balaban J connectivity index is 1.37. The third-order valence-corrected chi connectivity index (χ3v) is 5.04. The van der Waals surface area contributed by atoms with Gasteiger partial charge in [0.05, 0.1) is 0 Å². The zero-order valence-electron chi connectivity index (χ0n) is 19.4. The van der Waals surface area contributed by atoms with Crippen LogP contribution in [-0.4, -0.2) is 21.0 Å². The molecular formula is C26H27N7O. The normalized spacial score (nSPS) is 10.4. The third kappa shape index (κ3) is 6.29. The molecule has 4 N–H and O–H groups in total. The van der Waals surface area contributed by atoms with E-state index in [4.69, 9.17) is 0 Å². The van der Waals surface area contributed by atoms with Gasteiger partial charge < -0.3 is 21.3 Å². The largest absolute Gasteiger partial charge is 0.340 e. The summed E-state index contributed by atoms with van der Waals surface area (Å²) in [4.78, 5) is 25.5. The smallest absolute Gasteiger partial charge is 0.323 e. The van der Waals surface area contributed by atoms with Gasteiger partial charge in [0.15, 0.2) is 0 Å². The molecule has 0 saturated carbocycles. The van der Waals surface area contributed by atoms with Gasteiger partial charge in [0.2, 0.25) is 0 Å². The average Bonchev–Trinajstić information content (AvgIpc) is 2.80. The van der Waals surface area contributed by atoms with Gasteiger partial charge in [-0.05, 0) is 79.9 Å². The maximum absolute atomic E-state index is 12.3. The lowest BCUT2D eigenvalue weighted by molar-refractivity contribution is 0.262. The van der Waals surface area contributed by atoms with E-state index < -0.39 is 0 Å². The van der Waals surface area contributed by atoms with E-state index >= 15 is 0 Å². The summed E-state index contributed by atoms with van der Waals surface area (Å²) >= 11 is 0. The van der Waals surface area contributed by atoms with Crippen molar-refractivity contribution in [2.24, 2.45) is 0 Å². The van der Waals surface area contributed by atoms with Gasteiger partial charge in [-0.3, -0.25) is 0 Å². The molecule has 0 unspecified atom stereocenters. The maximum Gasteiger partial charge on any atom is 0.323 e. The molecule has 34 heavy (non-hydrogen) atoms. The van der Waals surface area contributed by atoms with Crippen molar-refractivity contribution in [3.63, 3.8) is 0 Å². The number of benzene rings is 2. The Bertz CT molecular complexity index is 1270. The number of nitrogens with zero attached hydrogens (tertiary/aromatic N) is 3. The van der Waals surface area contributed by atoms with Gasteiger partial charge in [-0.15, -0.1) is 0 Å². The molecule has 0 radical (unpaired) electrons. The molecule has 0 saturated heterocycles. The van der Waals surface area contributed by atoms with E-state index in [-0.39, 0.29) is 6.03 Å². The Morgan fingerprint density at radius 3 is 1.94 bits per heavy atom. The fourth-order valence-electron chi connectivity index (χ4n) is 3.33. The van der Waals surface area contributed by atoms with Gasteiger partial charge in [-0.1, -0.05) is 19.1 Å². The molecule has 0 atom stereocenters. The summed E-state index contributed by atoms with van der Waals surface area (Å²) in [5.41, 5.74) is 4.59. The number of carbonyl (C=O) groups is 1. The molecule has 0 aliphatic rings. The predicted octanol–water partition coefficient (Wildman–Crippen LogP) is 6.18. The van der Waals surface area contributed by atoms with E-state index in [9.17, 15) is 4.79 Å². The highest BCUT2D eigenvalue weighted by molar-refractivity contribution is 5.99. The molecule has 8 heteroatoms. The molecule has 8 nitrogen and oxygen atoms in total. The Morgan fingerprint density at radius 1 is 0.735 bits per heavy atom. The SMILES string of the molecule is CCc1ccc(NC(=O)Nc2ccc(Nc3cc(Nc4cc(C)ccn4)nc(C)n3)cc2)cc1. The van der Waals surface area contributed by atoms with Crippen LogP contribution in [0.3, 0.4) is 0 Å². The zero-order chi connectivity index (χ0) is 23.9. The van der Waals surface area contributed by atoms with Crippen LogP contribution in [0.4, 0.5) is 39.3 Å². The molecular weight excluding hydrogens is 426 g/mol. The summed E-state index contributed by atoms with van der Waals surface area (Å²) < 4.78 is 0. The van der Waals surface area contributed by atoms with Crippen molar-refractivity contribution in [1.29, 1.82) is 0 Å². The molecule has 0 aliphatic heterocycles. The minimum absolute atomic E-state index is 0.295. The van der Waals surface area contributed by atoms with Crippen molar-refractivity contribution in [2.75, 3.05) is 21.3 Å². The Morgan fingerprint density at radius 2 is 1.32 bits per heavy atom. The highest BCUT2D eigenvalue weighted by atomic mass is 16.2. The number of carbonyl (C=O) groups excluding carboxylic acids is 1. The number of amides is 2. The molecule has 0 fully saturated rings. The van der Waals surface area contributed by atoms with Crippen LogP contribution in [0, 0.1) is 13.8 Å². The van der Waals surface area contributed by atoms with E-state index in [0.717, 1.165) is 29.2 Å². The first-order valence-electron chi connectivity index (χ1n) is 11.1. The van der Waals surface area contributed by atoms with Crippen LogP contribution < -0.4 is 21.3 Å². The molecule has 2 aromatic carbocycles. The van der Waals surface area contributed by atoms with Crippen LogP contribution in [0.5, 0.6) is 0 Å². The molecule has 4 aromatic rings. The van der Waals surface area contributed by atoms with Crippen molar-refractivity contribution in [1.82, 2.24) is 15.0 Å². The highest BCUT2D eigenvalue weighted by Crippen LogP contribution is 2.21. The van der Waals surface area contributed by atoms with Crippen LogP contribution >= 0.6 is 0 Å². The summed E-state index contributed by atoms with van der Waals surface area (Å²) in [6.07, 6.45) is 2.71. The van der Waals surface area contributed by atoms with Crippen LogP contribution in [-0.2, 0) is 6.42 Å². The van der Waals surface area contributed by atoms with Crippen LogP contribution in [0.15, 0.2) is 72.9 Å². The van der Waals surface area contributed by atoms with Crippen LogP contribution in [0.25, 0.3) is 0 Å². The molecule has 2 aromatic heterocycles. The van der Waals surface area contributed by atoms with Gasteiger partial charge in [-0.25, -0.2) is 19.7 Å². The molecule has 2 heterocycles. The maximum atomic E-state index is 12.3. The fourth-order valence-corrected chi connectivity index (χ4v) is 3.33. The number of anilines is 6. The monoisotopic (exact) mass is 453 g/mol. The van der Waals surface area contributed by atoms with E-state index in [1.165, 1.54) is 5.56 Å². The molecule has 0 spiro atoms. The average molecular weight is 454 g/mol. The summed E-state index contributed by atoms with van der Waals surface area (Å²) in [5, 5.41) is 12.2. The Hall–Kier alpha value is -4.46. The molecule has 0 bridgehead atoms. The van der Waals surface area contributed by atoms with Gasteiger partial charge in [-0.2, -0.15) is 0 Å². The molecule has 2 amide bonds. The first-order chi connectivity index (χ1) is 16.5. The number of aromatic nitrogens is 3. The van der Waals surface area contributed by atoms with Crippen LogP contribution in [0.1, 0.15) is 23.9 Å². The number of hydrogen-bond donors (Lipinski definition) is 4. The minimum Gasteiger partial charge on any atom is -0.340 e. The van der Waals surface area contributed by atoms with Crippen LogP contribution in [0.2, 0.25) is 0 Å². The minimum atomic E-state index is -0.295. The number of hydrogen-bond acceptors (Lipinski definition) is 6. The zero-order valence-corrected chi connectivity index (χ0v) is 19.4. The van der Waals surface area contributed by atoms with Gasteiger partial charge >= 0.3 is 6.03 Å². The van der Waals surface area contributed by atoms with Gasteiger partial charge in [0.1, 0.15) is 23.3 Å². The lowest BCUT2D eigenvalue weighted by Gasteiger charge is -2.11. The number of aryl methyl sites for hydroxylation is 3. The second-order valence-electron chi connectivity index (χ2n) is 7.86. The summed E-state index contributed by atoms with van der Waals surface area (Å²) in [5.74, 6) is 2.65. The quantitative estimate of drug-likeness (QED) is 0.266. The highest BCUT2D eigenvalue weighted by Gasteiger charge is 2.06. The van der Waals surface area contributed by atoms with Crippen molar-refractivity contribution < 1.29 is 4.79 Å². The third-order valence-electron chi connectivity index (χ3n) is 5.04. The first-order valence-corrected chi connectivity index (χ1v) is 11.1. The van der Waals surface area contributed by atoms with Crippen molar-refractivity contribution in [2.45, 2.75) is 27.2 Å². The van der Waals surface area contributed by atoms with Gasteiger partial charge in [0, 0.05) is 29.3 Å². The molecule has 0 aliphatic carbocycles. The Labute approximate surface area is 198 Å². The number of urea groups is 1. The Kier molecular flexibility index (Phi) is 6.98. The lowest BCUT2D eigenvalue weighted by atomic mass is 10.1. The summed E-state index contributed by atoms with van der Waals surface area (Å²) in [6.45, 7) is 5.94. The number of rotatable bonds is 7. The van der Waals surface area contributed by atoms with Gasteiger partial charge in [0.25, 0.3) is 0 Å². The lowest BCUT2D eigenvalue weighted by Crippen LogP contribution is -2.19. The topological polar surface area (TPSA) is 104 Å². The van der Waals surface area contributed by atoms with E-state index in [1.807, 2.05) is 80.6 Å². The summed E-state index contributed by atoms with van der Waals surface area (Å²) in [6, 6.07) is 20.6. The summed E-state index contributed by atoms with van der Waals surface area (Å²) in [7, 11) is 0. The van der Waals surface area contributed by atoms with Crippen molar-refractivity contribution >= 4 is 40.5 Å².